The summed E-state index contributed by atoms with van der Waals surface area (Å²) in [6.45, 7) is 0.950. The standard InChI is InChI=1S/C10H21N2O3Si.HI/c1-11-7-8-12(10-11)6-5-9-16(13-2,14-3)15-4;/h7-8,10H,5-6,9H2,1-4H3;1H/q+1;/p-1. The molecule has 0 saturated carbocycles. The fourth-order valence-electron chi connectivity index (χ4n) is 1.67. The zero-order chi connectivity index (χ0) is 12.0. The molecule has 0 atom stereocenters. The molecule has 17 heavy (non-hydrogen) atoms. The molecule has 100 valence electrons. The highest BCUT2D eigenvalue weighted by atomic mass is 127. The molecular weight excluding hydrogens is 351 g/mol. The second-order valence-corrected chi connectivity index (χ2v) is 6.81. The summed E-state index contributed by atoms with van der Waals surface area (Å²) in [6.07, 6.45) is 7.11. The van der Waals surface area contributed by atoms with Crippen molar-refractivity contribution < 1.29 is 41.8 Å². The van der Waals surface area contributed by atoms with Crippen LogP contribution in [0.1, 0.15) is 6.42 Å². The van der Waals surface area contributed by atoms with Gasteiger partial charge in [0.2, 0.25) is 6.33 Å². The lowest BCUT2D eigenvalue weighted by atomic mass is 10.5. The highest BCUT2D eigenvalue weighted by molar-refractivity contribution is 6.60. The average molecular weight is 372 g/mol. The van der Waals surface area contributed by atoms with Crippen molar-refractivity contribution in [3.05, 3.63) is 18.7 Å². The van der Waals surface area contributed by atoms with Gasteiger partial charge >= 0.3 is 8.80 Å². The van der Waals surface area contributed by atoms with Gasteiger partial charge in [0.15, 0.2) is 0 Å². The predicted octanol–water partition coefficient (Wildman–Crippen LogP) is -2.42. The minimum atomic E-state index is -2.38. The third kappa shape index (κ3) is 5.04. The molecule has 1 rings (SSSR count). The van der Waals surface area contributed by atoms with Gasteiger partial charge in [-0.1, -0.05) is 0 Å². The first-order chi connectivity index (χ1) is 7.65. The van der Waals surface area contributed by atoms with E-state index in [1.165, 1.54) is 0 Å². The van der Waals surface area contributed by atoms with Crippen LogP contribution in [0.2, 0.25) is 6.04 Å². The van der Waals surface area contributed by atoms with Crippen LogP contribution < -0.4 is 28.5 Å². The maximum atomic E-state index is 5.36. The molecule has 5 nitrogen and oxygen atoms in total. The van der Waals surface area contributed by atoms with Crippen molar-refractivity contribution in [2.75, 3.05) is 21.3 Å². The van der Waals surface area contributed by atoms with Gasteiger partial charge in [0.05, 0.1) is 13.6 Å². The highest BCUT2D eigenvalue weighted by Crippen LogP contribution is 2.14. The second kappa shape index (κ2) is 8.19. The van der Waals surface area contributed by atoms with E-state index in [0.717, 1.165) is 19.0 Å². The van der Waals surface area contributed by atoms with Gasteiger partial charge in [0.25, 0.3) is 0 Å². The molecule has 0 aliphatic carbocycles. The second-order valence-electron chi connectivity index (χ2n) is 3.72. The molecule has 1 aromatic heterocycles. The number of imidazole rings is 1. The van der Waals surface area contributed by atoms with Crippen molar-refractivity contribution in [1.29, 1.82) is 0 Å². The molecule has 0 amide bonds. The van der Waals surface area contributed by atoms with Crippen molar-refractivity contribution in [3.63, 3.8) is 0 Å². The number of nitrogens with zero attached hydrogens (tertiary/aromatic N) is 2. The Bertz CT molecular complexity index is 310. The molecule has 0 saturated heterocycles. The Labute approximate surface area is 121 Å². The van der Waals surface area contributed by atoms with Gasteiger partial charge in [-0.25, -0.2) is 9.13 Å². The van der Waals surface area contributed by atoms with Crippen LogP contribution in [0.15, 0.2) is 18.7 Å². The van der Waals surface area contributed by atoms with Crippen molar-refractivity contribution in [3.8, 4) is 0 Å². The third-order valence-corrected chi connectivity index (χ3v) is 5.49. The zero-order valence-electron chi connectivity index (χ0n) is 10.9. The van der Waals surface area contributed by atoms with Crippen molar-refractivity contribution in [2.24, 2.45) is 7.05 Å². The van der Waals surface area contributed by atoms with Gasteiger partial charge in [-0.15, -0.1) is 0 Å². The minimum absolute atomic E-state index is 0. The molecule has 7 heteroatoms. The lowest BCUT2D eigenvalue weighted by Crippen LogP contribution is -3.00. The molecule has 0 radical (unpaired) electrons. The SMILES string of the molecule is CO[Si](CCC[n+]1ccn(C)c1)(OC)OC.[I-]. The van der Waals surface area contributed by atoms with E-state index in [1.54, 1.807) is 21.3 Å². The van der Waals surface area contributed by atoms with Crippen LogP contribution in [0, 0.1) is 0 Å². The maximum absolute atomic E-state index is 5.36. The molecule has 0 aromatic carbocycles. The molecule has 1 heterocycles. The quantitative estimate of drug-likeness (QED) is 0.304. The van der Waals surface area contributed by atoms with Gasteiger partial charge in [0, 0.05) is 27.4 Å². The van der Waals surface area contributed by atoms with Crippen molar-refractivity contribution >= 4 is 8.80 Å². The molecular formula is C10H21IN2O3Si. The summed E-state index contributed by atoms with van der Waals surface area (Å²) in [5, 5.41) is 0. The van der Waals surface area contributed by atoms with Crippen LogP contribution in [0.4, 0.5) is 0 Å². The molecule has 0 N–H and O–H groups in total. The van der Waals surface area contributed by atoms with Crippen molar-refractivity contribution in [2.45, 2.75) is 19.0 Å². The van der Waals surface area contributed by atoms with E-state index in [-0.39, 0.29) is 24.0 Å². The van der Waals surface area contributed by atoms with Gasteiger partial charge in [-0.3, -0.25) is 0 Å². The van der Waals surface area contributed by atoms with Crippen molar-refractivity contribution in [1.82, 2.24) is 4.57 Å². The summed E-state index contributed by atoms with van der Waals surface area (Å²) in [6, 6.07) is 0.832. The smallest absolute Gasteiger partial charge is 0.500 e. The van der Waals surface area contributed by atoms with Gasteiger partial charge in [-0.2, -0.15) is 0 Å². The first-order valence-corrected chi connectivity index (χ1v) is 7.25. The lowest BCUT2D eigenvalue weighted by molar-refractivity contribution is -0.696. The van der Waals surface area contributed by atoms with Crippen LogP contribution in [-0.4, -0.2) is 34.7 Å². The fraction of sp³-hybridized carbons (Fsp3) is 0.700. The number of halogens is 1. The predicted molar refractivity (Wildman–Crippen MR) is 61.8 cm³/mol. The van der Waals surface area contributed by atoms with Crippen LogP contribution >= 0.6 is 0 Å². The average Bonchev–Trinajstić information content (AvgIpc) is 2.71. The van der Waals surface area contributed by atoms with Crippen LogP contribution in [-0.2, 0) is 26.9 Å². The Hall–Kier alpha value is 0.0369. The van der Waals surface area contributed by atoms with E-state index in [4.69, 9.17) is 13.3 Å². The van der Waals surface area contributed by atoms with E-state index >= 15 is 0 Å². The first kappa shape index (κ1) is 17.0. The third-order valence-electron chi connectivity index (χ3n) is 2.66. The number of rotatable bonds is 7. The van der Waals surface area contributed by atoms with Crippen LogP contribution in [0.25, 0.3) is 0 Å². The molecule has 0 aliphatic heterocycles. The molecule has 1 aromatic rings. The van der Waals surface area contributed by atoms with Gasteiger partial charge in [-0.05, 0) is 6.42 Å². The Kier molecular flexibility index (Phi) is 8.21. The first-order valence-electron chi connectivity index (χ1n) is 5.32. The number of aryl methyl sites for hydroxylation is 2. The number of hydrogen-bond donors (Lipinski definition) is 0. The number of aromatic nitrogens is 2. The van der Waals surface area contributed by atoms with E-state index in [9.17, 15) is 0 Å². The lowest BCUT2D eigenvalue weighted by Gasteiger charge is -2.23. The van der Waals surface area contributed by atoms with E-state index < -0.39 is 8.80 Å². The monoisotopic (exact) mass is 372 g/mol. The van der Waals surface area contributed by atoms with Gasteiger partial charge in [0.1, 0.15) is 12.4 Å². The largest absolute Gasteiger partial charge is 1.00 e. The van der Waals surface area contributed by atoms with E-state index in [2.05, 4.69) is 17.1 Å². The highest BCUT2D eigenvalue weighted by Gasteiger charge is 2.37. The topological polar surface area (TPSA) is 36.5 Å². The molecule has 0 bridgehead atoms. The summed E-state index contributed by atoms with van der Waals surface area (Å²) in [5.41, 5.74) is 0. The molecule has 0 fully saturated rings. The van der Waals surface area contributed by atoms with Gasteiger partial charge < -0.3 is 37.3 Å². The van der Waals surface area contributed by atoms with Crippen LogP contribution in [0.3, 0.4) is 0 Å². The van der Waals surface area contributed by atoms with Crippen LogP contribution in [0.5, 0.6) is 0 Å². The summed E-state index contributed by atoms with van der Waals surface area (Å²) in [4.78, 5) is 0. The Morgan fingerprint density at radius 2 is 1.76 bits per heavy atom. The summed E-state index contributed by atoms with van der Waals surface area (Å²) in [5.74, 6) is 0. The number of hydrogen-bond acceptors (Lipinski definition) is 3. The maximum Gasteiger partial charge on any atom is 0.500 e. The minimum Gasteiger partial charge on any atom is -1.00 e. The molecule has 0 spiro atoms. The molecule has 0 unspecified atom stereocenters. The summed E-state index contributed by atoms with van der Waals surface area (Å²) < 4.78 is 20.2. The Morgan fingerprint density at radius 3 is 2.18 bits per heavy atom. The Balaban J connectivity index is 0.00000256. The Morgan fingerprint density at radius 1 is 1.18 bits per heavy atom. The van der Waals surface area contributed by atoms with E-state index in [0.29, 0.717) is 0 Å². The molecule has 0 aliphatic rings. The summed E-state index contributed by atoms with van der Waals surface area (Å²) in [7, 11) is 4.57. The fourth-order valence-corrected chi connectivity index (χ4v) is 3.37. The normalized spacial score (nSPS) is 11.3. The van der Waals surface area contributed by atoms with E-state index in [1.807, 2.05) is 17.8 Å². The summed E-state index contributed by atoms with van der Waals surface area (Å²) >= 11 is 0. The zero-order valence-corrected chi connectivity index (χ0v) is 14.0.